The van der Waals surface area contributed by atoms with Gasteiger partial charge in [0.2, 0.25) is 5.91 Å². The average molecular weight is 306 g/mol. The summed E-state index contributed by atoms with van der Waals surface area (Å²) in [5.74, 6) is 0.0114. The van der Waals surface area contributed by atoms with Crippen LogP contribution in [0.1, 0.15) is 17.7 Å². The largest absolute Gasteiger partial charge is 0.326 e. The molecule has 1 amide bonds. The topological polar surface area (TPSA) is 54.0 Å². The number of aromatic nitrogens is 1. The molecule has 0 bridgehead atoms. The minimum absolute atomic E-state index is 0. The van der Waals surface area contributed by atoms with E-state index in [2.05, 4.69) is 15.6 Å². The van der Waals surface area contributed by atoms with Crippen LogP contribution in [-0.2, 0) is 17.8 Å². The predicted octanol–water partition coefficient (Wildman–Crippen LogP) is 2.79. The first-order valence-corrected chi connectivity index (χ1v) is 6.71. The molecule has 0 unspecified atom stereocenters. The van der Waals surface area contributed by atoms with Gasteiger partial charge in [0.1, 0.15) is 0 Å². The van der Waals surface area contributed by atoms with Gasteiger partial charge in [-0.2, -0.15) is 0 Å². The Morgan fingerprint density at radius 2 is 2.05 bits per heavy atom. The van der Waals surface area contributed by atoms with E-state index in [0.29, 0.717) is 12.8 Å². The second kappa shape index (κ2) is 9.10. The molecule has 2 rings (SSSR count). The van der Waals surface area contributed by atoms with Crippen molar-refractivity contribution < 1.29 is 4.79 Å². The average Bonchev–Trinajstić information content (AvgIpc) is 2.47. The van der Waals surface area contributed by atoms with Gasteiger partial charge in [-0.3, -0.25) is 9.78 Å². The number of anilines is 1. The third-order valence-corrected chi connectivity index (χ3v) is 2.93. The van der Waals surface area contributed by atoms with Gasteiger partial charge in [0, 0.05) is 30.5 Å². The highest BCUT2D eigenvalue weighted by Gasteiger charge is 2.04. The number of carbonyl (C=O) groups excluding carboxylic acids is 1. The van der Waals surface area contributed by atoms with Crippen LogP contribution in [0.2, 0.25) is 0 Å². The van der Waals surface area contributed by atoms with Crippen LogP contribution in [0.3, 0.4) is 0 Å². The maximum Gasteiger partial charge on any atom is 0.224 e. The minimum atomic E-state index is 0. The molecule has 0 fully saturated rings. The fourth-order valence-electron chi connectivity index (χ4n) is 1.97. The van der Waals surface area contributed by atoms with Crippen molar-refractivity contribution in [2.45, 2.75) is 19.4 Å². The zero-order valence-electron chi connectivity index (χ0n) is 12.0. The quantitative estimate of drug-likeness (QED) is 0.863. The van der Waals surface area contributed by atoms with Crippen LogP contribution < -0.4 is 10.6 Å². The predicted molar refractivity (Wildman–Crippen MR) is 87.6 cm³/mol. The van der Waals surface area contributed by atoms with Crippen LogP contribution in [0.4, 0.5) is 5.69 Å². The normalized spacial score (nSPS) is 9.76. The molecule has 1 heterocycles. The number of hydrogen-bond donors (Lipinski definition) is 2. The van der Waals surface area contributed by atoms with Gasteiger partial charge < -0.3 is 10.6 Å². The number of benzene rings is 1. The summed E-state index contributed by atoms with van der Waals surface area (Å²) in [6.07, 6.45) is 2.84. The monoisotopic (exact) mass is 305 g/mol. The van der Waals surface area contributed by atoms with E-state index in [-0.39, 0.29) is 18.3 Å². The van der Waals surface area contributed by atoms with Crippen molar-refractivity contribution in [2.24, 2.45) is 0 Å². The Bertz CT molecular complexity index is 560. The Morgan fingerprint density at radius 3 is 2.76 bits per heavy atom. The van der Waals surface area contributed by atoms with Crippen LogP contribution in [0.15, 0.2) is 48.7 Å². The lowest BCUT2D eigenvalue weighted by Crippen LogP contribution is -2.13. The standard InChI is InChI=1S/C16H19N3O.ClH/c1-17-12-13-5-4-7-15(11-13)19-16(20)9-8-14-6-2-3-10-18-14;/h2-7,10-11,17H,8-9,12H2,1H3,(H,19,20);1H. The SMILES string of the molecule is CNCc1cccc(NC(=O)CCc2ccccn2)c1.Cl. The Morgan fingerprint density at radius 1 is 1.19 bits per heavy atom. The highest BCUT2D eigenvalue weighted by atomic mass is 35.5. The molecule has 0 atom stereocenters. The van der Waals surface area contributed by atoms with Gasteiger partial charge in [-0.15, -0.1) is 12.4 Å². The highest BCUT2D eigenvalue weighted by Crippen LogP contribution is 2.11. The second-order valence-electron chi connectivity index (χ2n) is 4.60. The first-order valence-electron chi connectivity index (χ1n) is 6.71. The molecule has 112 valence electrons. The van der Waals surface area contributed by atoms with Crippen LogP contribution in [0.5, 0.6) is 0 Å². The molecule has 0 spiro atoms. The van der Waals surface area contributed by atoms with Crippen LogP contribution in [-0.4, -0.2) is 17.9 Å². The molecule has 1 aromatic heterocycles. The number of rotatable bonds is 6. The first kappa shape index (κ1) is 17.1. The van der Waals surface area contributed by atoms with Crippen molar-refractivity contribution in [3.05, 3.63) is 59.9 Å². The lowest BCUT2D eigenvalue weighted by Gasteiger charge is -2.07. The lowest BCUT2D eigenvalue weighted by molar-refractivity contribution is -0.116. The molecule has 4 nitrogen and oxygen atoms in total. The fraction of sp³-hybridized carbons (Fsp3) is 0.250. The van der Waals surface area contributed by atoms with Gasteiger partial charge in [-0.1, -0.05) is 18.2 Å². The summed E-state index contributed by atoms with van der Waals surface area (Å²) in [5.41, 5.74) is 2.92. The fourth-order valence-corrected chi connectivity index (χ4v) is 1.97. The second-order valence-corrected chi connectivity index (χ2v) is 4.60. The van der Waals surface area contributed by atoms with Gasteiger partial charge in [-0.25, -0.2) is 0 Å². The third-order valence-electron chi connectivity index (χ3n) is 2.93. The van der Waals surface area contributed by atoms with Gasteiger partial charge >= 0.3 is 0 Å². The Hall–Kier alpha value is -1.91. The van der Waals surface area contributed by atoms with Crippen molar-refractivity contribution in [3.63, 3.8) is 0 Å². The van der Waals surface area contributed by atoms with Crippen molar-refractivity contribution in [3.8, 4) is 0 Å². The number of aryl methyl sites for hydroxylation is 1. The maximum absolute atomic E-state index is 11.9. The van der Waals surface area contributed by atoms with Gasteiger partial charge in [0.25, 0.3) is 0 Å². The molecular weight excluding hydrogens is 286 g/mol. The summed E-state index contributed by atoms with van der Waals surface area (Å²) >= 11 is 0. The number of halogens is 1. The summed E-state index contributed by atoms with van der Waals surface area (Å²) in [5, 5.41) is 6.01. The van der Waals surface area contributed by atoms with Crippen molar-refractivity contribution in [1.82, 2.24) is 10.3 Å². The van der Waals surface area contributed by atoms with Crippen molar-refractivity contribution in [1.29, 1.82) is 0 Å². The Balaban J connectivity index is 0.00000220. The van der Waals surface area contributed by atoms with Crippen LogP contribution in [0.25, 0.3) is 0 Å². The third kappa shape index (κ3) is 5.94. The number of amides is 1. The number of pyridine rings is 1. The number of carbonyl (C=O) groups is 1. The summed E-state index contributed by atoms with van der Waals surface area (Å²) in [6, 6.07) is 13.6. The maximum atomic E-state index is 11.9. The van der Waals surface area contributed by atoms with E-state index < -0.39 is 0 Å². The number of nitrogens with zero attached hydrogens (tertiary/aromatic N) is 1. The molecule has 0 aliphatic rings. The van der Waals surface area contributed by atoms with E-state index in [0.717, 1.165) is 23.5 Å². The molecule has 0 aliphatic carbocycles. The molecule has 21 heavy (non-hydrogen) atoms. The van der Waals surface area contributed by atoms with E-state index in [4.69, 9.17) is 0 Å². The molecular formula is C16H20ClN3O. The van der Waals surface area contributed by atoms with Gasteiger partial charge in [0.15, 0.2) is 0 Å². The van der Waals surface area contributed by atoms with Crippen LogP contribution in [0, 0.1) is 0 Å². The lowest BCUT2D eigenvalue weighted by atomic mass is 10.2. The van der Waals surface area contributed by atoms with Gasteiger partial charge in [-0.05, 0) is 43.3 Å². The first-order chi connectivity index (χ1) is 9.78. The molecule has 0 radical (unpaired) electrons. The molecule has 0 aliphatic heterocycles. The summed E-state index contributed by atoms with van der Waals surface area (Å²) in [6.45, 7) is 0.789. The summed E-state index contributed by atoms with van der Waals surface area (Å²) in [4.78, 5) is 16.1. The smallest absolute Gasteiger partial charge is 0.224 e. The van der Waals surface area contributed by atoms with Crippen molar-refractivity contribution in [2.75, 3.05) is 12.4 Å². The highest BCUT2D eigenvalue weighted by molar-refractivity contribution is 5.90. The van der Waals surface area contributed by atoms with E-state index in [1.165, 1.54) is 0 Å². The van der Waals surface area contributed by atoms with E-state index in [1.54, 1.807) is 6.20 Å². The van der Waals surface area contributed by atoms with E-state index in [9.17, 15) is 4.79 Å². The van der Waals surface area contributed by atoms with E-state index >= 15 is 0 Å². The zero-order chi connectivity index (χ0) is 14.2. The number of nitrogens with one attached hydrogen (secondary N) is 2. The van der Waals surface area contributed by atoms with Crippen molar-refractivity contribution >= 4 is 24.0 Å². The molecule has 0 saturated heterocycles. The Kier molecular flexibility index (Phi) is 7.43. The van der Waals surface area contributed by atoms with Crippen LogP contribution >= 0.6 is 12.4 Å². The van der Waals surface area contributed by atoms with Gasteiger partial charge in [0.05, 0.1) is 0 Å². The molecule has 1 aromatic carbocycles. The Labute approximate surface area is 131 Å². The number of hydrogen-bond acceptors (Lipinski definition) is 3. The molecule has 0 saturated carbocycles. The minimum Gasteiger partial charge on any atom is -0.326 e. The summed E-state index contributed by atoms with van der Waals surface area (Å²) < 4.78 is 0. The molecule has 5 heteroatoms. The molecule has 2 aromatic rings. The zero-order valence-corrected chi connectivity index (χ0v) is 12.8. The molecule has 2 N–H and O–H groups in total. The summed E-state index contributed by atoms with van der Waals surface area (Å²) in [7, 11) is 1.90. The van der Waals surface area contributed by atoms with E-state index in [1.807, 2.05) is 49.5 Å².